The number of hydrogen-bond donors (Lipinski definition) is 1. The van der Waals surface area contributed by atoms with Crippen molar-refractivity contribution in [3.63, 3.8) is 0 Å². The Morgan fingerprint density at radius 2 is 2.36 bits per heavy atom. The molecule has 5 heteroatoms. The molecule has 0 atom stereocenters. The van der Waals surface area contributed by atoms with Crippen molar-refractivity contribution in [3.05, 3.63) is 24.1 Å². The number of halogens is 1. The number of hydrogen-bond acceptors (Lipinski definition) is 3. The molecule has 0 bridgehead atoms. The average molecular weight is 213 g/mol. The van der Waals surface area contributed by atoms with Gasteiger partial charge in [0, 0.05) is 20.0 Å². The van der Waals surface area contributed by atoms with Crippen molar-refractivity contribution >= 4 is 23.0 Å². The van der Waals surface area contributed by atoms with Crippen LogP contribution in [0.2, 0.25) is 0 Å². The van der Waals surface area contributed by atoms with E-state index < -0.39 is 0 Å². The van der Waals surface area contributed by atoms with Gasteiger partial charge in [-0.25, -0.2) is 9.37 Å². The maximum atomic E-state index is 12.5. The van der Waals surface area contributed by atoms with Crippen LogP contribution in [0.3, 0.4) is 0 Å². The Labute approximate surface area is 87.7 Å². The van der Waals surface area contributed by atoms with Crippen LogP contribution in [0, 0.1) is 5.82 Å². The van der Waals surface area contributed by atoms with Crippen LogP contribution in [0.5, 0.6) is 0 Å². The SMILES string of the molecule is CN(CCC(N)=S)c1ccc(F)cn1. The quantitative estimate of drug-likeness (QED) is 0.766. The first kappa shape index (κ1) is 10.8. The van der Waals surface area contributed by atoms with Gasteiger partial charge in [0.2, 0.25) is 0 Å². The minimum Gasteiger partial charge on any atom is -0.393 e. The molecule has 0 spiro atoms. The molecule has 1 heterocycles. The zero-order chi connectivity index (χ0) is 10.6. The summed E-state index contributed by atoms with van der Waals surface area (Å²) in [6.07, 6.45) is 1.82. The van der Waals surface area contributed by atoms with Gasteiger partial charge in [-0.3, -0.25) is 0 Å². The van der Waals surface area contributed by atoms with Gasteiger partial charge in [-0.2, -0.15) is 0 Å². The molecular weight excluding hydrogens is 201 g/mol. The van der Waals surface area contributed by atoms with Crippen molar-refractivity contribution in [2.75, 3.05) is 18.5 Å². The number of aromatic nitrogens is 1. The van der Waals surface area contributed by atoms with Gasteiger partial charge in [0.25, 0.3) is 0 Å². The molecule has 0 saturated heterocycles. The maximum Gasteiger partial charge on any atom is 0.141 e. The van der Waals surface area contributed by atoms with Crippen molar-refractivity contribution in [1.82, 2.24) is 4.98 Å². The summed E-state index contributed by atoms with van der Waals surface area (Å²) in [6.45, 7) is 0.688. The Balaban J connectivity index is 2.56. The molecule has 0 fully saturated rings. The first-order valence-electron chi connectivity index (χ1n) is 4.20. The van der Waals surface area contributed by atoms with E-state index in [0.717, 1.165) is 0 Å². The van der Waals surface area contributed by atoms with Gasteiger partial charge < -0.3 is 10.6 Å². The van der Waals surface area contributed by atoms with Crippen molar-refractivity contribution in [1.29, 1.82) is 0 Å². The zero-order valence-electron chi connectivity index (χ0n) is 7.90. The molecule has 0 aliphatic rings. The molecule has 14 heavy (non-hydrogen) atoms. The Morgan fingerprint density at radius 3 is 2.86 bits per heavy atom. The number of thiocarbonyl (C=S) groups is 1. The lowest BCUT2D eigenvalue weighted by molar-refractivity contribution is 0.621. The van der Waals surface area contributed by atoms with Crippen LogP contribution >= 0.6 is 12.2 Å². The molecule has 0 aromatic carbocycles. The third kappa shape index (κ3) is 3.26. The van der Waals surface area contributed by atoms with Crippen molar-refractivity contribution in [3.8, 4) is 0 Å². The number of pyridine rings is 1. The van der Waals surface area contributed by atoms with Gasteiger partial charge >= 0.3 is 0 Å². The van der Waals surface area contributed by atoms with E-state index in [4.69, 9.17) is 18.0 Å². The van der Waals surface area contributed by atoms with Gasteiger partial charge in [0.05, 0.1) is 11.2 Å². The average Bonchev–Trinajstić information content (AvgIpc) is 2.15. The van der Waals surface area contributed by atoms with Crippen LogP contribution in [-0.4, -0.2) is 23.6 Å². The molecular formula is C9H12FN3S. The normalized spacial score (nSPS) is 9.86. The molecule has 3 nitrogen and oxygen atoms in total. The summed E-state index contributed by atoms with van der Waals surface area (Å²) in [5.41, 5.74) is 5.37. The number of anilines is 1. The van der Waals surface area contributed by atoms with Gasteiger partial charge in [-0.05, 0) is 12.1 Å². The molecule has 76 valence electrons. The van der Waals surface area contributed by atoms with Gasteiger partial charge in [0.15, 0.2) is 0 Å². The minimum atomic E-state index is -0.337. The predicted molar refractivity (Wildman–Crippen MR) is 58.9 cm³/mol. The Morgan fingerprint density at radius 1 is 1.64 bits per heavy atom. The van der Waals surface area contributed by atoms with Crippen LogP contribution in [0.1, 0.15) is 6.42 Å². The molecule has 1 aromatic rings. The fourth-order valence-corrected chi connectivity index (χ4v) is 1.08. The molecule has 1 aromatic heterocycles. The summed E-state index contributed by atoms with van der Waals surface area (Å²) in [5, 5.41) is 0. The van der Waals surface area contributed by atoms with E-state index >= 15 is 0 Å². The Bertz CT molecular complexity index is 312. The van der Waals surface area contributed by atoms with Crippen LogP contribution < -0.4 is 10.6 Å². The Hall–Kier alpha value is -1.23. The number of nitrogens with zero attached hydrogens (tertiary/aromatic N) is 2. The Kier molecular flexibility index (Phi) is 3.76. The second kappa shape index (κ2) is 4.85. The molecule has 1 rings (SSSR count). The summed E-state index contributed by atoms with van der Waals surface area (Å²) < 4.78 is 12.5. The van der Waals surface area contributed by atoms with Crippen molar-refractivity contribution < 1.29 is 4.39 Å². The van der Waals surface area contributed by atoms with E-state index in [1.807, 2.05) is 11.9 Å². The van der Waals surface area contributed by atoms with Crippen LogP contribution in [0.25, 0.3) is 0 Å². The zero-order valence-corrected chi connectivity index (χ0v) is 8.72. The highest BCUT2D eigenvalue weighted by Crippen LogP contribution is 2.08. The number of rotatable bonds is 4. The summed E-state index contributed by atoms with van der Waals surface area (Å²) in [7, 11) is 1.86. The second-order valence-corrected chi connectivity index (χ2v) is 3.50. The van der Waals surface area contributed by atoms with Crippen LogP contribution in [-0.2, 0) is 0 Å². The smallest absolute Gasteiger partial charge is 0.141 e. The molecule has 0 aliphatic carbocycles. The number of nitrogens with two attached hydrogens (primary N) is 1. The van der Waals surface area contributed by atoms with Gasteiger partial charge in [0.1, 0.15) is 11.6 Å². The summed E-state index contributed by atoms with van der Waals surface area (Å²) >= 11 is 4.76. The molecule has 0 saturated carbocycles. The van der Waals surface area contributed by atoms with E-state index in [1.54, 1.807) is 6.07 Å². The summed E-state index contributed by atoms with van der Waals surface area (Å²) in [6, 6.07) is 2.99. The summed E-state index contributed by atoms with van der Waals surface area (Å²) in [5.74, 6) is 0.374. The third-order valence-electron chi connectivity index (χ3n) is 1.80. The second-order valence-electron chi connectivity index (χ2n) is 2.97. The lowest BCUT2D eigenvalue weighted by atomic mass is 10.3. The van der Waals surface area contributed by atoms with Gasteiger partial charge in [-0.15, -0.1) is 0 Å². The van der Waals surface area contributed by atoms with Gasteiger partial charge in [-0.1, -0.05) is 12.2 Å². The van der Waals surface area contributed by atoms with Crippen LogP contribution in [0.15, 0.2) is 18.3 Å². The first-order valence-corrected chi connectivity index (χ1v) is 4.61. The molecule has 0 radical (unpaired) electrons. The molecule has 0 amide bonds. The fraction of sp³-hybridized carbons (Fsp3) is 0.333. The minimum absolute atomic E-state index is 0.337. The fourth-order valence-electron chi connectivity index (χ4n) is 0.986. The van der Waals surface area contributed by atoms with E-state index in [9.17, 15) is 4.39 Å². The van der Waals surface area contributed by atoms with E-state index in [0.29, 0.717) is 23.8 Å². The standard InChI is InChI=1S/C9H12FN3S/c1-13(5-4-8(11)14)9-3-2-7(10)6-12-9/h2-3,6H,4-5H2,1H3,(H2,11,14). The van der Waals surface area contributed by atoms with E-state index in [-0.39, 0.29) is 5.82 Å². The lowest BCUT2D eigenvalue weighted by Crippen LogP contribution is -2.23. The maximum absolute atomic E-state index is 12.5. The monoisotopic (exact) mass is 213 g/mol. The van der Waals surface area contributed by atoms with Crippen LogP contribution in [0.4, 0.5) is 10.2 Å². The first-order chi connectivity index (χ1) is 6.59. The predicted octanol–water partition coefficient (Wildman–Crippen LogP) is 1.33. The molecule has 0 unspecified atom stereocenters. The highest BCUT2D eigenvalue weighted by atomic mass is 32.1. The van der Waals surface area contributed by atoms with Crippen molar-refractivity contribution in [2.45, 2.75) is 6.42 Å². The lowest BCUT2D eigenvalue weighted by Gasteiger charge is -2.17. The third-order valence-corrected chi connectivity index (χ3v) is 2.00. The molecule has 0 aliphatic heterocycles. The summed E-state index contributed by atoms with van der Waals surface area (Å²) in [4.78, 5) is 6.27. The molecule has 2 N–H and O–H groups in total. The topological polar surface area (TPSA) is 42.1 Å². The van der Waals surface area contributed by atoms with E-state index in [1.165, 1.54) is 12.3 Å². The highest BCUT2D eigenvalue weighted by Gasteiger charge is 2.02. The largest absolute Gasteiger partial charge is 0.393 e. The van der Waals surface area contributed by atoms with E-state index in [2.05, 4.69) is 4.98 Å². The van der Waals surface area contributed by atoms with Crippen molar-refractivity contribution in [2.24, 2.45) is 5.73 Å². The highest BCUT2D eigenvalue weighted by molar-refractivity contribution is 7.80.